The van der Waals surface area contributed by atoms with Crippen LogP contribution in [0.1, 0.15) is 29.8 Å². The predicted octanol–water partition coefficient (Wildman–Crippen LogP) is 3.78. The Kier molecular flexibility index (Phi) is 6.52. The highest BCUT2D eigenvalue weighted by Crippen LogP contribution is 2.29. The molecule has 0 saturated heterocycles. The van der Waals surface area contributed by atoms with E-state index in [2.05, 4.69) is 20.5 Å². The number of hydrogen-bond acceptors (Lipinski definition) is 5. The van der Waals surface area contributed by atoms with E-state index >= 15 is 0 Å². The summed E-state index contributed by atoms with van der Waals surface area (Å²) in [6.07, 6.45) is -0.966. The second kappa shape index (κ2) is 9.11. The zero-order valence-corrected chi connectivity index (χ0v) is 16.8. The van der Waals surface area contributed by atoms with Crippen molar-refractivity contribution in [2.45, 2.75) is 26.1 Å². The summed E-state index contributed by atoms with van der Waals surface area (Å²) in [5.41, 5.74) is -0.805. The third-order valence-corrected chi connectivity index (χ3v) is 4.64. The van der Waals surface area contributed by atoms with Gasteiger partial charge >= 0.3 is 6.18 Å². The van der Waals surface area contributed by atoms with Crippen LogP contribution in [0.2, 0.25) is 0 Å². The van der Waals surface area contributed by atoms with E-state index in [4.69, 9.17) is 0 Å². The zero-order valence-electron chi connectivity index (χ0n) is 16.8. The molecule has 3 rings (SSSR count). The number of pyridine rings is 1. The maximum absolute atomic E-state index is 14.5. The molecule has 3 aromatic rings. The number of para-hydroxylation sites is 1. The van der Waals surface area contributed by atoms with Crippen LogP contribution in [0, 0.1) is 5.82 Å². The van der Waals surface area contributed by atoms with Crippen LogP contribution in [-0.4, -0.2) is 49.9 Å². The molecule has 11 heteroatoms. The molecule has 0 saturated carbocycles. The Balaban J connectivity index is 1.75. The molecule has 2 aromatic heterocycles. The van der Waals surface area contributed by atoms with Crippen LogP contribution in [0.25, 0.3) is 5.69 Å². The van der Waals surface area contributed by atoms with Crippen molar-refractivity contribution in [1.82, 2.24) is 24.9 Å². The molecular weight excluding hydrogens is 416 g/mol. The number of anilines is 1. The Bertz CT molecular complexity index is 1020. The summed E-state index contributed by atoms with van der Waals surface area (Å²) in [4.78, 5) is 19.5. The van der Waals surface area contributed by atoms with Gasteiger partial charge in [0.15, 0.2) is 5.82 Å². The molecule has 0 radical (unpaired) electrons. The maximum Gasteiger partial charge on any atom is 0.417 e. The van der Waals surface area contributed by atoms with Gasteiger partial charge in [0.1, 0.15) is 11.5 Å². The monoisotopic (exact) mass is 436 g/mol. The number of nitrogens with one attached hydrogen (secondary N) is 1. The number of aromatic nitrogens is 4. The van der Waals surface area contributed by atoms with Gasteiger partial charge < -0.3 is 10.2 Å². The average molecular weight is 436 g/mol. The topological polar surface area (TPSA) is 75.9 Å². The largest absolute Gasteiger partial charge is 0.417 e. The summed E-state index contributed by atoms with van der Waals surface area (Å²) >= 11 is 0. The first-order valence-corrected chi connectivity index (χ1v) is 9.45. The quantitative estimate of drug-likeness (QED) is 0.571. The van der Waals surface area contributed by atoms with Gasteiger partial charge in [0.25, 0.3) is 5.91 Å². The minimum absolute atomic E-state index is 0.0551. The summed E-state index contributed by atoms with van der Waals surface area (Å²) in [6.45, 7) is 4.09. The van der Waals surface area contributed by atoms with Crippen LogP contribution in [0.3, 0.4) is 0 Å². The average Bonchev–Trinajstić information content (AvgIpc) is 3.26. The highest BCUT2D eigenvalue weighted by Gasteiger charge is 2.30. The van der Waals surface area contributed by atoms with Crippen LogP contribution in [0.5, 0.6) is 0 Å². The first-order chi connectivity index (χ1) is 14.7. The standard InChI is InChI=1S/C20H20F4N6O/c1-3-29(13(2)11-25-17-8-7-14(12-26-17)20(22,23)24)19(31)15-5-4-6-16(21)18(15)30-27-9-10-28-30/h4-10,12-13H,3,11H2,1-2H3,(H,25,26). The van der Waals surface area contributed by atoms with Crippen molar-refractivity contribution in [2.24, 2.45) is 0 Å². The molecule has 0 aliphatic heterocycles. The van der Waals surface area contributed by atoms with Crippen molar-refractivity contribution in [1.29, 1.82) is 0 Å². The molecule has 1 amide bonds. The molecule has 0 spiro atoms. The van der Waals surface area contributed by atoms with Gasteiger partial charge in [-0.15, -0.1) is 4.80 Å². The fourth-order valence-corrected chi connectivity index (χ4v) is 3.06. The summed E-state index contributed by atoms with van der Waals surface area (Å²) in [5, 5.41) is 10.8. The van der Waals surface area contributed by atoms with E-state index in [1.165, 1.54) is 41.6 Å². The molecule has 1 unspecified atom stereocenters. The molecule has 0 fully saturated rings. The number of halogens is 4. The lowest BCUT2D eigenvalue weighted by Crippen LogP contribution is -2.42. The highest BCUT2D eigenvalue weighted by atomic mass is 19.4. The van der Waals surface area contributed by atoms with E-state index < -0.39 is 23.5 Å². The number of hydrogen-bond donors (Lipinski definition) is 1. The second-order valence-electron chi connectivity index (χ2n) is 6.71. The molecule has 1 N–H and O–H groups in total. The highest BCUT2D eigenvalue weighted by molar-refractivity contribution is 5.98. The molecule has 2 heterocycles. The molecule has 164 valence electrons. The fraction of sp³-hybridized carbons (Fsp3) is 0.300. The Morgan fingerprint density at radius 2 is 1.90 bits per heavy atom. The summed E-state index contributed by atoms with van der Waals surface area (Å²) in [7, 11) is 0. The van der Waals surface area contributed by atoms with E-state index in [1.54, 1.807) is 13.8 Å². The van der Waals surface area contributed by atoms with Crippen molar-refractivity contribution < 1.29 is 22.4 Å². The first kappa shape index (κ1) is 22.2. The van der Waals surface area contributed by atoms with Crippen molar-refractivity contribution >= 4 is 11.7 Å². The van der Waals surface area contributed by atoms with Gasteiger partial charge in [0.2, 0.25) is 0 Å². The Labute approximate surface area is 175 Å². The minimum atomic E-state index is -4.46. The summed E-state index contributed by atoms with van der Waals surface area (Å²) in [5.74, 6) is -0.822. The normalized spacial score (nSPS) is 12.5. The van der Waals surface area contributed by atoms with E-state index in [0.717, 1.165) is 17.1 Å². The Morgan fingerprint density at radius 1 is 1.19 bits per heavy atom. The lowest BCUT2D eigenvalue weighted by Gasteiger charge is -2.29. The number of carbonyl (C=O) groups is 1. The van der Waals surface area contributed by atoms with Crippen LogP contribution in [0.4, 0.5) is 23.4 Å². The molecule has 31 heavy (non-hydrogen) atoms. The molecule has 7 nitrogen and oxygen atoms in total. The molecular formula is C20H20F4N6O. The van der Waals surface area contributed by atoms with Crippen molar-refractivity contribution in [3.8, 4) is 5.69 Å². The van der Waals surface area contributed by atoms with Crippen molar-refractivity contribution in [3.05, 3.63) is 65.9 Å². The number of amides is 1. The number of carbonyl (C=O) groups excluding carboxylic acids is 1. The minimum Gasteiger partial charge on any atom is -0.368 e. The molecule has 0 aliphatic rings. The number of rotatable bonds is 7. The van der Waals surface area contributed by atoms with E-state index in [0.29, 0.717) is 6.54 Å². The number of alkyl halides is 3. The third-order valence-electron chi connectivity index (χ3n) is 4.64. The van der Waals surface area contributed by atoms with E-state index in [-0.39, 0.29) is 29.7 Å². The van der Waals surface area contributed by atoms with Crippen LogP contribution in [0.15, 0.2) is 48.9 Å². The van der Waals surface area contributed by atoms with Crippen LogP contribution < -0.4 is 5.32 Å². The van der Waals surface area contributed by atoms with Crippen LogP contribution in [-0.2, 0) is 6.18 Å². The zero-order chi connectivity index (χ0) is 22.6. The maximum atomic E-state index is 14.5. The SMILES string of the molecule is CCN(C(=O)c1cccc(F)c1-n1nccn1)C(C)CNc1ccc(C(F)(F)F)cn1. The molecule has 0 bridgehead atoms. The molecule has 1 atom stereocenters. The van der Waals surface area contributed by atoms with E-state index in [1.807, 2.05) is 0 Å². The van der Waals surface area contributed by atoms with Gasteiger partial charge in [-0.2, -0.15) is 23.4 Å². The lowest BCUT2D eigenvalue weighted by atomic mass is 10.1. The number of likely N-dealkylation sites (N-methyl/N-ethyl adjacent to an activating group) is 1. The van der Waals surface area contributed by atoms with Gasteiger partial charge in [-0.25, -0.2) is 9.37 Å². The smallest absolute Gasteiger partial charge is 0.368 e. The van der Waals surface area contributed by atoms with Gasteiger partial charge in [-0.1, -0.05) is 6.07 Å². The summed E-state index contributed by atoms with van der Waals surface area (Å²) in [6, 6.07) is 5.92. The van der Waals surface area contributed by atoms with E-state index in [9.17, 15) is 22.4 Å². The first-order valence-electron chi connectivity index (χ1n) is 9.45. The molecule has 0 aliphatic carbocycles. The third kappa shape index (κ3) is 4.98. The predicted molar refractivity (Wildman–Crippen MR) is 105 cm³/mol. The molecule has 1 aromatic carbocycles. The van der Waals surface area contributed by atoms with Gasteiger partial charge in [-0.3, -0.25) is 4.79 Å². The van der Waals surface area contributed by atoms with Gasteiger partial charge in [0.05, 0.1) is 23.5 Å². The van der Waals surface area contributed by atoms with Crippen molar-refractivity contribution in [3.63, 3.8) is 0 Å². The number of benzene rings is 1. The Morgan fingerprint density at radius 3 is 2.48 bits per heavy atom. The fourth-order valence-electron chi connectivity index (χ4n) is 3.06. The number of nitrogens with zero attached hydrogens (tertiary/aromatic N) is 5. The van der Waals surface area contributed by atoms with Gasteiger partial charge in [0, 0.05) is 25.3 Å². The summed E-state index contributed by atoms with van der Waals surface area (Å²) < 4.78 is 52.4. The lowest BCUT2D eigenvalue weighted by molar-refractivity contribution is -0.137. The Hall–Kier alpha value is -3.50. The second-order valence-corrected chi connectivity index (χ2v) is 6.71. The van der Waals surface area contributed by atoms with Gasteiger partial charge in [-0.05, 0) is 38.1 Å². The van der Waals surface area contributed by atoms with Crippen LogP contribution >= 0.6 is 0 Å². The van der Waals surface area contributed by atoms with Crippen molar-refractivity contribution in [2.75, 3.05) is 18.4 Å².